The van der Waals surface area contributed by atoms with Crippen LogP contribution in [0.25, 0.3) is 0 Å². The molecule has 1 saturated carbocycles. The molecule has 1 aliphatic carbocycles. The second kappa shape index (κ2) is 6.17. The minimum atomic E-state index is -0.165. The normalized spacial score (nSPS) is 22.6. The van der Waals surface area contributed by atoms with Crippen molar-refractivity contribution in [2.24, 2.45) is 0 Å². The molecule has 0 amide bonds. The molecule has 2 aromatic carbocycles. The van der Waals surface area contributed by atoms with Crippen LogP contribution < -0.4 is 5.32 Å². The summed E-state index contributed by atoms with van der Waals surface area (Å²) in [5.41, 5.74) is 2.46. The standard InChI is InChI=1S/C18H19ClFN/c1-12(14-3-2-4-16(19)9-14)21-18-10-15(11-18)13-5-7-17(20)8-6-13/h2-9,12,15,18,21H,10-11H2,1H3/t12-,15?,18?/m1/s1. The van der Waals surface area contributed by atoms with Crippen molar-refractivity contribution in [3.8, 4) is 0 Å². The Morgan fingerprint density at radius 2 is 1.86 bits per heavy atom. The highest BCUT2D eigenvalue weighted by molar-refractivity contribution is 6.30. The molecule has 21 heavy (non-hydrogen) atoms. The van der Waals surface area contributed by atoms with Crippen LogP contribution in [0.5, 0.6) is 0 Å². The van der Waals surface area contributed by atoms with E-state index in [4.69, 9.17) is 11.6 Å². The van der Waals surface area contributed by atoms with Crippen molar-refractivity contribution in [1.29, 1.82) is 0 Å². The molecule has 0 saturated heterocycles. The zero-order chi connectivity index (χ0) is 14.8. The molecular formula is C18H19ClFN. The Balaban J connectivity index is 1.54. The molecule has 0 aliphatic heterocycles. The number of rotatable bonds is 4. The minimum Gasteiger partial charge on any atom is -0.307 e. The van der Waals surface area contributed by atoms with Gasteiger partial charge in [0.1, 0.15) is 5.82 Å². The van der Waals surface area contributed by atoms with Crippen molar-refractivity contribution in [2.75, 3.05) is 0 Å². The van der Waals surface area contributed by atoms with Crippen LogP contribution in [0.15, 0.2) is 48.5 Å². The first-order chi connectivity index (χ1) is 10.1. The number of hydrogen-bond acceptors (Lipinski definition) is 1. The average Bonchev–Trinajstić information content (AvgIpc) is 2.43. The number of halogens is 2. The summed E-state index contributed by atoms with van der Waals surface area (Å²) in [6.45, 7) is 2.16. The molecule has 0 spiro atoms. The van der Waals surface area contributed by atoms with Crippen LogP contribution in [-0.4, -0.2) is 6.04 Å². The Morgan fingerprint density at radius 1 is 1.14 bits per heavy atom. The Morgan fingerprint density at radius 3 is 2.52 bits per heavy atom. The lowest BCUT2D eigenvalue weighted by Gasteiger charge is -2.38. The summed E-state index contributed by atoms with van der Waals surface area (Å²) < 4.78 is 12.9. The zero-order valence-corrected chi connectivity index (χ0v) is 12.8. The first-order valence-electron chi connectivity index (χ1n) is 7.39. The SMILES string of the molecule is C[C@@H](NC1CC(c2ccc(F)cc2)C1)c1cccc(Cl)c1. The third-order valence-corrected chi connectivity index (χ3v) is 4.55. The second-order valence-corrected chi connectivity index (χ2v) is 6.30. The number of benzene rings is 2. The predicted molar refractivity (Wildman–Crippen MR) is 85.2 cm³/mol. The predicted octanol–water partition coefficient (Wildman–Crippen LogP) is 5.08. The van der Waals surface area contributed by atoms with E-state index in [9.17, 15) is 4.39 Å². The molecule has 0 radical (unpaired) electrons. The van der Waals surface area contributed by atoms with Crippen LogP contribution >= 0.6 is 11.6 Å². The van der Waals surface area contributed by atoms with Crippen LogP contribution in [0.1, 0.15) is 42.9 Å². The monoisotopic (exact) mass is 303 g/mol. The molecule has 110 valence electrons. The Labute approximate surface area is 130 Å². The number of hydrogen-bond donors (Lipinski definition) is 1. The molecule has 1 N–H and O–H groups in total. The minimum absolute atomic E-state index is 0.165. The number of nitrogens with one attached hydrogen (secondary N) is 1. The van der Waals surface area contributed by atoms with Gasteiger partial charge < -0.3 is 5.32 Å². The maximum atomic E-state index is 12.9. The Bertz CT molecular complexity index is 605. The first-order valence-corrected chi connectivity index (χ1v) is 7.76. The molecule has 0 heterocycles. The van der Waals surface area contributed by atoms with E-state index in [0.29, 0.717) is 18.0 Å². The van der Waals surface area contributed by atoms with Crippen LogP contribution in [0.3, 0.4) is 0 Å². The van der Waals surface area contributed by atoms with E-state index in [2.05, 4.69) is 18.3 Å². The third-order valence-electron chi connectivity index (χ3n) is 4.31. The molecule has 0 bridgehead atoms. The summed E-state index contributed by atoms with van der Waals surface area (Å²) in [4.78, 5) is 0. The van der Waals surface area contributed by atoms with Crippen LogP contribution in [-0.2, 0) is 0 Å². The fraction of sp³-hybridized carbons (Fsp3) is 0.333. The molecule has 1 atom stereocenters. The van der Waals surface area contributed by atoms with Gasteiger partial charge in [-0.05, 0) is 61.1 Å². The van der Waals surface area contributed by atoms with Gasteiger partial charge >= 0.3 is 0 Å². The lowest BCUT2D eigenvalue weighted by molar-refractivity contribution is 0.271. The summed E-state index contributed by atoms with van der Waals surface area (Å²) in [6, 6.07) is 15.7. The van der Waals surface area contributed by atoms with Crippen molar-refractivity contribution >= 4 is 11.6 Å². The molecular weight excluding hydrogens is 285 g/mol. The molecule has 3 heteroatoms. The van der Waals surface area contributed by atoms with Gasteiger partial charge in [-0.3, -0.25) is 0 Å². The van der Waals surface area contributed by atoms with Gasteiger partial charge in [-0.15, -0.1) is 0 Å². The van der Waals surface area contributed by atoms with E-state index >= 15 is 0 Å². The summed E-state index contributed by atoms with van der Waals surface area (Å²) in [5, 5.41) is 4.42. The third kappa shape index (κ3) is 3.45. The van der Waals surface area contributed by atoms with Gasteiger partial charge in [0.05, 0.1) is 0 Å². The van der Waals surface area contributed by atoms with E-state index in [1.165, 1.54) is 11.1 Å². The molecule has 0 unspecified atom stereocenters. The van der Waals surface area contributed by atoms with Crippen LogP contribution in [0.4, 0.5) is 4.39 Å². The molecule has 1 nitrogen and oxygen atoms in total. The molecule has 3 rings (SSSR count). The summed E-state index contributed by atoms with van der Waals surface area (Å²) in [6.07, 6.45) is 2.22. The zero-order valence-electron chi connectivity index (χ0n) is 12.0. The topological polar surface area (TPSA) is 12.0 Å². The van der Waals surface area contributed by atoms with Gasteiger partial charge in [0, 0.05) is 17.1 Å². The summed E-state index contributed by atoms with van der Waals surface area (Å²) in [7, 11) is 0. The van der Waals surface area contributed by atoms with Crippen molar-refractivity contribution in [2.45, 2.75) is 37.8 Å². The Hall–Kier alpha value is -1.38. The van der Waals surface area contributed by atoms with E-state index in [1.54, 1.807) is 12.1 Å². The van der Waals surface area contributed by atoms with Crippen LogP contribution in [0, 0.1) is 5.82 Å². The highest BCUT2D eigenvalue weighted by Gasteiger charge is 2.31. The van der Waals surface area contributed by atoms with Crippen molar-refractivity contribution < 1.29 is 4.39 Å². The lowest BCUT2D eigenvalue weighted by Crippen LogP contribution is -2.41. The smallest absolute Gasteiger partial charge is 0.123 e. The summed E-state index contributed by atoms with van der Waals surface area (Å²) in [5.74, 6) is 0.386. The van der Waals surface area contributed by atoms with E-state index in [0.717, 1.165) is 17.9 Å². The highest BCUT2D eigenvalue weighted by Crippen LogP contribution is 2.38. The van der Waals surface area contributed by atoms with E-state index in [1.807, 2.05) is 30.3 Å². The quantitative estimate of drug-likeness (QED) is 0.831. The largest absolute Gasteiger partial charge is 0.307 e. The fourth-order valence-electron chi connectivity index (χ4n) is 2.99. The van der Waals surface area contributed by atoms with Crippen molar-refractivity contribution in [3.05, 3.63) is 70.5 Å². The van der Waals surface area contributed by atoms with Gasteiger partial charge in [-0.1, -0.05) is 35.9 Å². The van der Waals surface area contributed by atoms with Crippen molar-refractivity contribution in [1.82, 2.24) is 5.32 Å². The van der Waals surface area contributed by atoms with E-state index in [-0.39, 0.29) is 5.82 Å². The molecule has 2 aromatic rings. The van der Waals surface area contributed by atoms with Gasteiger partial charge in [-0.2, -0.15) is 0 Å². The molecule has 0 aromatic heterocycles. The second-order valence-electron chi connectivity index (χ2n) is 5.86. The van der Waals surface area contributed by atoms with Crippen LogP contribution in [0.2, 0.25) is 5.02 Å². The van der Waals surface area contributed by atoms with Crippen molar-refractivity contribution in [3.63, 3.8) is 0 Å². The molecule has 1 fully saturated rings. The van der Waals surface area contributed by atoms with Gasteiger partial charge in [0.2, 0.25) is 0 Å². The molecule has 1 aliphatic rings. The van der Waals surface area contributed by atoms with E-state index < -0.39 is 0 Å². The first kappa shape index (κ1) is 14.6. The summed E-state index contributed by atoms with van der Waals surface area (Å²) >= 11 is 6.03. The maximum absolute atomic E-state index is 12.9. The maximum Gasteiger partial charge on any atom is 0.123 e. The van der Waals surface area contributed by atoms with Gasteiger partial charge in [-0.25, -0.2) is 4.39 Å². The highest BCUT2D eigenvalue weighted by atomic mass is 35.5. The van der Waals surface area contributed by atoms with Gasteiger partial charge in [0.15, 0.2) is 0 Å². The average molecular weight is 304 g/mol. The fourth-order valence-corrected chi connectivity index (χ4v) is 3.19. The van der Waals surface area contributed by atoms with Gasteiger partial charge in [0.25, 0.3) is 0 Å². The Kier molecular flexibility index (Phi) is 4.27. The lowest BCUT2D eigenvalue weighted by atomic mass is 9.75.